The number of benzene rings is 1. The molecule has 1 aliphatic rings. The third-order valence-electron chi connectivity index (χ3n) is 3.81. The van der Waals surface area contributed by atoms with Crippen LogP contribution in [0.4, 0.5) is 10.5 Å². The summed E-state index contributed by atoms with van der Waals surface area (Å²) in [6, 6.07) is 8.85. The fourth-order valence-electron chi connectivity index (χ4n) is 2.48. The van der Waals surface area contributed by atoms with E-state index in [0.717, 1.165) is 5.56 Å². The zero-order chi connectivity index (χ0) is 16.5. The summed E-state index contributed by atoms with van der Waals surface area (Å²) in [5, 5.41) is 11.3. The molecule has 0 radical (unpaired) electrons. The summed E-state index contributed by atoms with van der Waals surface area (Å²) in [5.74, 6) is 1.24. The SMILES string of the molecule is O=C(Nc1cccc(Cl)c1)N1CC(c2nc(-c3ccsc3)no2)C1. The van der Waals surface area contributed by atoms with Crippen molar-refractivity contribution in [3.8, 4) is 11.4 Å². The second kappa shape index (κ2) is 6.26. The van der Waals surface area contributed by atoms with Gasteiger partial charge in [-0.3, -0.25) is 0 Å². The van der Waals surface area contributed by atoms with Crippen molar-refractivity contribution in [2.24, 2.45) is 0 Å². The number of nitrogens with one attached hydrogen (secondary N) is 1. The lowest BCUT2D eigenvalue weighted by Gasteiger charge is -2.36. The van der Waals surface area contributed by atoms with E-state index in [4.69, 9.17) is 16.1 Å². The minimum atomic E-state index is -0.161. The van der Waals surface area contributed by atoms with Gasteiger partial charge in [0, 0.05) is 34.7 Å². The minimum Gasteiger partial charge on any atom is -0.339 e. The molecule has 0 aliphatic carbocycles. The lowest BCUT2D eigenvalue weighted by molar-refractivity contribution is 0.147. The third kappa shape index (κ3) is 3.00. The molecule has 0 spiro atoms. The van der Waals surface area contributed by atoms with Crippen molar-refractivity contribution in [3.63, 3.8) is 0 Å². The van der Waals surface area contributed by atoms with Crippen molar-refractivity contribution in [3.05, 3.63) is 52.0 Å². The van der Waals surface area contributed by atoms with Gasteiger partial charge in [0.2, 0.25) is 11.7 Å². The molecule has 4 rings (SSSR count). The Labute approximate surface area is 147 Å². The zero-order valence-electron chi connectivity index (χ0n) is 12.5. The Morgan fingerprint density at radius 3 is 3.00 bits per heavy atom. The summed E-state index contributed by atoms with van der Waals surface area (Å²) in [6.45, 7) is 1.11. The van der Waals surface area contributed by atoms with Gasteiger partial charge in [-0.15, -0.1) is 0 Å². The zero-order valence-corrected chi connectivity index (χ0v) is 14.0. The van der Waals surface area contributed by atoms with E-state index in [9.17, 15) is 4.79 Å². The number of hydrogen-bond acceptors (Lipinski definition) is 5. The Morgan fingerprint density at radius 2 is 2.25 bits per heavy atom. The number of urea groups is 1. The van der Waals surface area contributed by atoms with Crippen LogP contribution in [0.3, 0.4) is 0 Å². The molecule has 3 heterocycles. The summed E-state index contributed by atoms with van der Waals surface area (Å²) in [5.41, 5.74) is 1.62. The maximum absolute atomic E-state index is 12.2. The van der Waals surface area contributed by atoms with Gasteiger partial charge in [-0.1, -0.05) is 22.8 Å². The third-order valence-corrected chi connectivity index (χ3v) is 4.73. The van der Waals surface area contributed by atoms with E-state index in [0.29, 0.717) is 35.5 Å². The fraction of sp³-hybridized carbons (Fsp3) is 0.188. The Kier molecular flexibility index (Phi) is 3.95. The van der Waals surface area contributed by atoms with Crippen LogP contribution in [0.25, 0.3) is 11.4 Å². The van der Waals surface area contributed by atoms with Gasteiger partial charge in [0.05, 0.1) is 5.92 Å². The monoisotopic (exact) mass is 360 g/mol. The maximum Gasteiger partial charge on any atom is 0.321 e. The van der Waals surface area contributed by atoms with E-state index in [1.54, 1.807) is 40.5 Å². The van der Waals surface area contributed by atoms with E-state index in [-0.39, 0.29) is 11.9 Å². The Balaban J connectivity index is 1.35. The predicted octanol–water partition coefficient (Wildman–Crippen LogP) is 4.08. The minimum absolute atomic E-state index is 0.0787. The van der Waals surface area contributed by atoms with Crippen LogP contribution in [0.2, 0.25) is 5.02 Å². The summed E-state index contributed by atoms with van der Waals surface area (Å²) in [7, 11) is 0. The highest BCUT2D eigenvalue weighted by molar-refractivity contribution is 7.08. The van der Waals surface area contributed by atoms with Gasteiger partial charge in [-0.05, 0) is 29.6 Å². The van der Waals surface area contributed by atoms with Gasteiger partial charge in [-0.2, -0.15) is 16.3 Å². The Morgan fingerprint density at radius 1 is 1.38 bits per heavy atom. The molecule has 1 aliphatic heterocycles. The van der Waals surface area contributed by atoms with Gasteiger partial charge in [-0.25, -0.2) is 4.79 Å². The Hall–Kier alpha value is -2.38. The number of thiophene rings is 1. The fourth-order valence-corrected chi connectivity index (χ4v) is 3.30. The summed E-state index contributed by atoms with van der Waals surface area (Å²) < 4.78 is 5.32. The molecule has 1 N–H and O–H groups in total. The molecule has 0 saturated carbocycles. The van der Waals surface area contributed by atoms with Gasteiger partial charge in [0.1, 0.15) is 0 Å². The first-order chi connectivity index (χ1) is 11.7. The van der Waals surface area contributed by atoms with Crippen molar-refractivity contribution in [2.75, 3.05) is 18.4 Å². The van der Waals surface area contributed by atoms with Crippen LogP contribution < -0.4 is 5.32 Å². The quantitative estimate of drug-likeness (QED) is 0.763. The average molecular weight is 361 g/mol. The van der Waals surface area contributed by atoms with Crippen LogP contribution >= 0.6 is 22.9 Å². The lowest BCUT2D eigenvalue weighted by atomic mass is 10.0. The molecular weight excluding hydrogens is 348 g/mol. The van der Waals surface area contributed by atoms with E-state index < -0.39 is 0 Å². The van der Waals surface area contributed by atoms with Crippen LogP contribution in [-0.4, -0.2) is 34.2 Å². The van der Waals surface area contributed by atoms with E-state index >= 15 is 0 Å². The van der Waals surface area contributed by atoms with Gasteiger partial charge in [0.15, 0.2) is 0 Å². The second-order valence-electron chi connectivity index (χ2n) is 5.51. The van der Waals surface area contributed by atoms with E-state index in [1.165, 1.54) is 0 Å². The Bertz CT molecular complexity index is 859. The van der Waals surface area contributed by atoms with E-state index in [1.807, 2.05) is 16.8 Å². The molecule has 122 valence electrons. The molecule has 24 heavy (non-hydrogen) atoms. The molecule has 0 bridgehead atoms. The predicted molar refractivity (Wildman–Crippen MR) is 92.4 cm³/mol. The molecule has 1 fully saturated rings. The molecule has 0 atom stereocenters. The maximum atomic E-state index is 12.2. The topological polar surface area (TPSA) is 71.3 Å². The second-order valence-corrected chi connectivity index (χ2v) is 6.73. The molecule has 3 aromatic rings. The largest absolute Gasteiger partial charge is 0.339 e. The number of aromatic nitrogens is 2. The first kappa shape index (κ1) is 15.2. The van der Waals surface area contributed by atoms with E-state index in [2.05, 4.69) is 15.5 Å². The van der Waals surface area contributed by atoms with Crippen LogP contribution in [0.5, 0.6) is 0 Å². The van der Waals surface area contributed by atoms with Gasteiger partial charge < -0.3 is 14.7 Å². The number of nitrogens with zero attached hydrogens (tertiary/aromatic N) is 3. The number of hydrogen-bond donors (Lipinski definition) is 1. The highest BCUT2D eigenvalue weighted by Crippen LogP contribution is 2.28. The summed E-state index contributed by atoms with van der Waals surface area (Å²) in [4.78, 5) is 18.3. The number of carbonyl (C=O) groups excluding carboxylic acids is 1. The lowest BCUT2D eigenvalue weighted by Crippen LogP contribution is -2.50. The summed E-state index contributed by atoms with van der Waals surface area (Å²) in [6.07, 6.45) is 0. The number of amides is 2. The van der Waals surface area contributed by atoms with Crippen molar-refractivity contribution in [1.82, 2.24) is 15.0 Å². The number of rotatable bonds is 3. The van der Waals surface area contributed by atoms with Crippen LogP contribution in [0.15, 0.2) is 45.6 Å². The molecule has 2 amide bonds. The molecule has 1 saturated heterocycles. The van der Waals surface area contributed by atoms with Crippen molar-refractivity contribution < 1.29 is 9.32 Å². The first-order valence-electron chi connectivity index (χ1n) is 7.37. The molecule has 2 aromatic heterocycles. The first-order valence-corrected chi connectivity index (χ1v) is 8.69. The number of halogens is 1. The molecule has 6 nitrogen and oxygen atoms in total. The molecular formula is C16H13ClN4O2S. The standard InChI is InChI=1S/C16H13ClN4O2S/c17-12-2-1-3-13(6-12)18-16(22)21-7-11(8-21)15-19-14(20-23-15)10-4-5-24-9-10/h1-6,9,11H,7-8H2,(H,18,22). The van der Waals surface area contributed by atoms with Gasteiger partial charge in [0.25, 0.3) is 0 Å². The van der Waals surface area contributed by atoms with Crippen LogP contribution in [0.1, 0.15) is 11.8 Å². The van der Waals surface area contributed by atoms with Crippen molar-refractivity contribution >= 4 is 34.7 Å². The summed E-state index contributed by atoms with van der Waals surface area (Å²) >= 11 is 7.50. The highest BCUT2D eigenvalue weighted by Gasteiger charge is 2.35. The van der Waals surface area contributed by atoms with Crippen molar-refractivity contribution in [1.29, 1.82) is 0 Å². The number of anilines is 1. The smallest absolute Gasteiger partial charge is 0.321 e. The van der Waals surface area contributed by atoms with Gasteiger partial charge >= 0.3 is 6.03 Å². The molecule has 1 aromatic carbocycles. The van der Waals surface area contributed by atoms with Crippen LogP contribution in [0, 0.1) is 0 Å². The van der Waals surface area contributed by atoms with Crippen LogP contribution in [-0.2, 0) is 0 Å². The normalized spacial score (nSPS) is 14.5. The number of carbonyl (C=O) groups is 1. The molecule has 8 heteroatoms. The highest BCUT2D eigenvalue weighted by atomic mass is 35.5. The van der Waals surface area contributed by atoms with Crippen molar-refractivity contribution in [2.45, 2.75) is 5.92 Å². The average Bonchev–Trinajstić information content (AvgIpc) is 3.16. The number of likely N-dealkylation sites (tertiary alicyclic amines) is 1. The molecule has 0 unspecified atom stereocenters.